The van der Waals surface area contributed by atoms with E-state index < -0.39 is 0 Å². The molecule has 1 aromatic rings. The third-order valence-electron chi connectivity index (χ3n) is 4.26. The largest absolute Gasteiger partial charge is 0.352 e. The van der Waals surface area contributed by atoms with Crippen LogP contribution in [0.2, 0.25) is 0 Å². The number of carbonyl (C=O) groups is 1. The second-order valence-electron chi connectivity index (χ2n) is 5.31. The minimum atomic E-state index is 0.217. The molecule has 1 aromatic carbocycles. The number of hydrogen-bond donors (Lipinski definition) is 1. The first kappa shape index (κ1) is 11.3. The number of nitriles is 1. The number of nitrogens with one attached hydrogen (secondary N) is 1. The van der Waals surface area contributed by atoms with E-state index in [2.05, 4.69) is 11.4 Å². The average molecular weight is 240 g/mol. The summed E-state index contributed by atoms with van der Waals surface area (Å²) in [6.07, 6.45) is 3.77. The lowest BCUT2D eigenvalue weighted by molar-refractivity contribution is -0.123. The quantitative estimate of drug-likeness (QED) is 0.880. The molecule has 0 heterocycles. The summed E-state index contributed by atoms with van der Waals surface area (Å²) in [5.41, 5.74) is 1.70. The van der Waals surface area contributed by atoms with Gasteiger partial charge in [0.05, 0.1) is 11.6 Å². The Kier molecular flexibility index (Phi) is 2.79. The van der Waals surface area contributed by atoms with Gasteiger partial charge in [-0.3, -0.25) is 4.79 Å². The molecule has 2 atom stereocenters. The van der Waals surface area contributed by atoms with Crippen LogP contribution in [0.3, 0.4) is 0 Å². The molecular weight excluding hydrogens is 224 g/mol. The van der Waals surface area contributed by atoms with Crippen molar-refractivity contribution in [1.29, 1.82) is 5.26 Å². The molecule has 92 valence electrons. The molecule has 0 bridgehead atoms. The molecule has 0 radical (unpaired) electrons. The Labute approximate surface area is 107 Å². The number of carbonyl (C=O) groups excluding carboxylic acids is 1. The molecule has 3 heteroatoms. The van der Waals surface area contributed by atoms with Crippen molar-refractivity contribution in [3.8, 4) is 6.07 Å². The van der Waals surface area contributed by atoms with Gasteiger partial charge in [0.1, 0.15) is 0 Å². The van der Waals surface area contributed by atoms with Gasteiger partial charge in [-0.15, -0.1) is 0 Å². The number of benzene rings is 1. The van der Waals surface area contributed by atoms with E-state index in [0.29, 0.717) is 23.9 Å². The molecule has 2 unspecified atom stereocenters. The lowest BCUT2D eigenvalue weighted by atomic mass is 10.1. The molecule has 2 aliphatic rings. The highest BCUT2D eigenvalue weighted by molar-refractivity contribution is 5.82. The van der Waals surface area contributed by atoms with Crippen LogP contribution < -0.4 is 5.32 Å². The van der Waals surface area contributed by atoms with Gasteiger partial charge in [0.25, 0.3) is 0 Å². The zero-order valence-corrected chi connectivity index (χ0v) is 10.2. The molecule has 3 rings (SSSR count). The fraction of sp³-hybridized carbons (Fsp3) is 0.467. The lowest BCUT2D eigenvalue weighted by Gasteiger charge is -2.06. The lowest BCUT2D eigenvalue weighted by Crippen LogP contribution is -2.26. The Hall–Kier alpha value is -1.82. The predicted octanol–water partition coefficient (Wildman–Crippen LogP) is 2.22. The molecule has 3 nitrogen and oxygen atoms in total. The summed E-state index contributed by atoms with van der Waals surface area (Å²) in [6.45, 7) is 0.570. The Bertz CT molecular complexity index is 490. The summed E-state index contributed by atoms with van der Waals surface area (Å²) in [5.74, 6) is 1.85. The molecule has 2 fully saturated rings. The van der Waals surface area contributed by atoms with Crippen LogP contribution in [0.4, 0.5) is 0 Å². The van der Waals surface area contributed by atoms with E-state index >= 15 is 0 Å². The van der Waals surface area contributed by atoms with Gasteiger partial charge < -0.3 is 5.32 Å². The molecule has 0 spiro atoms. The van der Waals surface area contributed by atoms with Gasteiger partial charge in [0, 0.05) is 12.5 Å². The standard InChI is InChI=1S/C15H16N2O/c16-8-10-4-6-11(7-5-10)9-17-15(18)14-12-2-1-3-13(12)14/h4-7,12-14H,1-3,9H2,(H,17,18). The van der Waals surface area contributed by atoms with Gasteiger partial charge in [-0.05, 0) is 42.4 Å². The van der Waals surface area contributed by atoms with Crippen LogP contribution in [0.1, 0.15) is 30.4 Å². The third-order valence-corrected chi connectivity index (χ3v) is 4.26. The van der Waals surface area contributed by atoms with Crippen LogP contribution in [-0.2, 0) is 11.3 Å². The van der Waals surface area contributed by atoms with E-state index in [1.807, 2.05) is 12.1 Å². The molecule has 0 aromatic heterocycles. The van der Waals surface area contributed by atoms with E-state index in [0.717, 1.165) is 5.56 Å². The summed E-state index contributed by atoms with van der Waals surface area (Å²) in [4.78, 5) is 12.0. The SMILES string of the molecule is N#Cc1ccc(CNC(=O)C2C3CCCC32)cc1. The highest BCUT2D eigenvalue weighted by Crippen LogP contribution is 2.57. The maximum absolute atomic E-state index is 12.0. The topological polar surface area (TPSA) is 52.9 Å². The van der Waals surface area contributed by atoms with Gasteiger partial charge in [0.15, 0.2) is 0 Å². The first-order chi connectivity index (χ1) is 8.79. The second-order valence-corrected chi connectivity index (χ2v) is 5.31. The van der Waals surface area contributed by atoms with Crippen molar-refractivity contribution in [2.45, 2.75) is 25.8 Å². The molecule has 1 amide bonds. The minimum absolute atomic E-state index is 0.217. The van der Waals surface area contributed by atoms with Gasteiger partial charge in [0.2, 0.25) is 5.91 Å². The highest BCUT2D eigenvalue weighted by atomic mass is 16.2. The molecule has 2 saturated carbocycles. The number of hydrogen-bond acceptors (Lipinski definition) is 2. The molecule has 18 heavy (non-hydrogen) atoms. The minimum Gasteiger partial charge on any atom is -0.352 e. The molecular formula is C15H16N2O. The normalized spacial score (nSPS) is 28.3. The summed E-state index contributed by atoms with van der Waals surface area (Å²) in [6, 6.07) is 9.45. The Morgan fingerprint density at radius 3 is 2.56 bits per heavy atom. The van der Waals surface area contributed by atoms with Crippen LogP contribution in [0.15, 0.2) is 24.3 Å². The Morgan fingerprint density at radius 1 is 1.28 bits per heavy atom. The summed E-state index contributed by atoms with van der Waals surface area (Å²) in [7, 11) is 0. The predicted molar refractivity (Wildman–Crippen MR) is 67.3 cm³/mol. The third kappa shape index (κ3) is 1.99. The van der Waals surface area contributed by atoms with Crippen molar-refractivity contribution in [2.75, 3.05) is 0 Å². The fourth-order valence-corrected chi connectivity index (χ4v) is 3.21. The first-order valence-electron chi connectivity index (χ1n) is 6.56. The van der Waals surface area contributed by atoms with Crippen molar-refractivity contribution in [3.05, 3.63) is 35.4 Å². The highest BCUT2D eigenvalue weighted by Gasteiger charge is 2.56. The van der Waals surface area contributed by atoms with Crippen LogP contribution in [-0.4, -0.2) is 5.91 Å². The smallest absolute Gasteiger partial charge is 0.223 e. The zero-order chi connectivity index (χ0) is 12.5. The van der Waals surface area contributed by atoms with E-state index in [1.165, 1.54) is 19.3 Å². The van der Waals surface area contributed by atoms with Gasteiger partial charge >= 0.3 is 0 Å². The molecule has 0 saturated heterocycles. The first-order valence-corrected chi connectivity index (χ1v) is 6.56. The zero-order valence-electron chi connectivity index (χ0n) is 10.2. The fourth-order valence-electron chi connectivity index (χ4n) is 3.21. The van der Waals surface area contributed by atoms with E-state index in [9.17, 15) is 4.79 Å². The maximum Gasteiger partial charge on any atom is 0.223 e. The maximum atomic E-state index is 12.0. The van der Waals surface area contributed by atoms with Crippen LogP contribution in [0, 0.1) is 29.1 Å². The number of rotatable bonds is 3. The van der Waals surface area contributed by atoms with Crippen molar-refractivity contribution < 1.29 is 4.79 Å². The Morgan fingerprint density at radius 2 is 1.94 bits per heavy atom. The van der Waals surface area contributed by atoms with Crippen LogP contribution in [0.25, 0.3) is 0 Å². The van der Waals surface area contributed by atoms with Crippen LogP contribution in [0.5, 0.6) is 0 Å². The number of fused-ring (bicyclic) bond motifs is 1. The Balaban J connectivity index is 1.52. The van der Waals surface area contributed by atoms with E-state index in [4.69, 9.17) is 5.26 Å². The number of amides is 1. The molecule has 1 N–H and O–H groups in total. The van der Waals surface area contributed by atoms with E-state index in [-0.39, 0.29) is 11.8 Å². The average Bonchev–Trinajstić information content (AvgIpc) is 2.90. The molecule has 0 aliphatic heterocycles. The van der Waals surface area contributed by atoms with Gasteiger partial charge in [-0.25, -0.2) is 0 Å². The van der Waals surface area contributed by atoms with Crippen molar-refractivity contribution in [3.63, 3.8) is 0 Å². The summed E-state index contributed by atoms with van der Waals surface area (Å²) < 4.78 is 0. The van der Waals surface area contributed by atoms with Gasteiger partial charge in [-0.2, -0.15) is 5.26 Å². The monoisotopic (exact) mass is 240 g/mol. The van der Waals surface area contributed by atoms with E-state index in [1.54, 1.807) is 12.1 Å². The van der Waals surface area contributed by atoms with Crippen LogP contribution >= 0.6 is 0 Å². The van der Waals surface area contributed by atoms with Gasteiger partial charge in [-0.1, -0.05) is 18.6 Å². The summed E-state index contributed by atoms with van der Waals surface area (Å²) >= 11 is 0. The second kappa shape index (κ2) is 4.45. The number of nitrogens with zero attached hydrogens (tertiary/aromatic N) is 1. The molecule has 2 aliphatic carbocycles. The summed E-state index contributed by atoms with van der Waals surface area (Å²) in [5, 5.41) is 11.7. The van der Waals surface area contributed by atoms with Crippen molar-refractivity contribution in [2.24, 2.45) is 17.8 Å². The van der Waals surface area contributed by atoms with Crippen molar-refractivity contribution in [1.82, 2.24) is 5.32 Å². The van der Waals surface area contributed by atoms with Crippen molar-refractivity contribution >= 4 is 5.91 Å².